The summed E-state index contributed by atoms with van der Waals surface area (Å²) in [7, 11) is 3.02. The van der Waals surface area contributed by atoms with E-state index in [1.165, 1.54) is 11.6 Å². The van der Waals surface area contributed by atoms with E-state index in [0.717, 1.165) is 15.7 Å². The summed E-state index contributed by atoms with van der Waals surface area (Å²) in [5.41, 5.74) is 2.63. The van der Waals surface area contributed by atoms with Crippen molar-refractivity contribution in [1.82, 2.24) is 9.13 Å². The van der Waals surface area contributed by atoms with E-state index in [2.05, 4.69) is 4.98 Å². The summed E-state index contributed by atoms with van der Waals surface area (Å²) in [5, 5.41) is 0.302. The van der Waals surface area contributed by atoms with Crippen molar-refractivity contribution >= 4 is 17.0 Å². The summed E-state index contributed by atoms with van der Waals surface area (Å²) >= 11 is 0. The number of cyclic esters (lactones) is 1. The highest BCUT2D eigenvalue weighted by Crippen LogP contribution is 2.34. The van der Waals surface area contributed by atoms with Crippen molar-refractivity contribution in [2.75, 3.05) is 0 Å². The summed E-state index contributed by atoms with van der Waals surface area (Å²) in [6, 6.07) is 7.52. The number of nitrogens with zero attached hydrogens (tertiary/aromatic N) is 2. The number of aromatic nitrogens is 3. The van der Waals surface area contributed by atoms with E-state index >= 15 is 0 Å². The molecule has 4 rings (SSSR count). The van der Waals surface area contributed by atoms with Gasteiger partial charge in [0, 0.05) is 12.6 Å². The molecular weight excluding hydrogens is 322 g/mol. The predicted octanol–water partition coefficient (Wildman–Crippen LogP) is 0.697. The quantitative estimate of drug-likeness (QED) is 0.611. The largest absolute Gasteiger partial charge is 0.453 e. The summed E-state index contributed by atoms with van der Waals surface area (Å²) in [4.78, 5) is 40.6. The Balaban J connectivity index is 2.34. The number of ether oxygens (including phenoxy) is 1. The highest BCUT2D eigenvalue weighted by Gasteiger charge is 2.34. The molecule has 7 heteroatoms. The molecule has 0 aliphatic carbocycles. The Hall–Kier alpha value is -3.22. The molecule has 0 fully saturated rings. The molecule has 126 valence electrons. The summed E-state index contributed by atoms with van der Waals surface area (Å²) in [6.45, 7) is 2.00. The van der Waals surface area contributed by atoms with Gasteiger partial charge in [-0.1, -0.05) is 24.3 Å². The van der Waals surface area contributed by atoms with Crippen LogP contribution in [0.15, 0.2) is 33.9 Å². The van der Waals surface area contributed by atoms with Gasteiger partial charge in [-0.3, -0.25) is 4.79 Å². The monoisotopic (exact) mass is 338 g/mol. The second-order valence-corrected chi connectivity index (χ2v) is 6.17. The Kier molecular flexibility index (Phi) is 3.15. The number of aryl methyl sites for hydroxylation is 2. The highest BCUT2D eigenvalue weighted by atomic mass is 16.5. The van der Waals surface area contributed by atoms with Crippen molar-refractivity contribution in [2.24, 2.45) is 14.1 Å². The molecule has 2 aromatic heterocycles. The molecule has 25 heavy (non-hydrogen) atoms. The molecule has 0 spiro atoms. The second-order valence-electron chi connectivity index (χ2n) is 6.17. The third-order valence-corrected chi connectivity index (χ3v) is 4.70. The van der Waals surface area contributed by atoms with Crippen molar-refractivity contribution in [1.29, 1.82) is 0 Å². The number of carbonyl (C=O) groups is 1. The number of hydrogen-bond donors (Lipinski definition) is 0. The number of aromatic amines is 1. The number of benzene rings is 1. The number of esters is 1. The predicted molar refractivity (Wildman–Crippen MR) is 90.3 cm³/mol. The molecule has 1 aliphatic rings. The Morgan fingerprint density at radius 3 is 2.48 bits per heavy atom. The van der Waals surface area contributed by atoms with Gasteiger partial charge in [-0.15, -0.1) is 0 Å². The maximum Gasteiger partial charge on any atom is 0.417 e. The number of rotatable bonds is 1. The van der Waals surface area contributed by atoms with Crippen LogP contribution in [0.2, 0.25) is 0 Å². The topological polar surface area (TPSA) is 84.4 Å². The summed E-state index contributed by atoms with van der Waals surface area (Å²) in [5.74, 6) is -0.470. The maximum absolute atomic E-state index is 12.9. The fraction of sp³-hybridized carbons (Fsp3) is 0.222. The van der Waals surface area contributed by atoms with Gasteiger partial charge in [0.1, 0.15) is 10.9 Å². The minimum atomic E-state index is -0.470. The van der Waals surface area contributed by atoms with Crippen LogP contribution < -0.4 is 16.2 Å². The Morgan fingerprint density at radius 1 is 1.04 bits per heavy atom. The number of hydrogen-bond acceptors (Lipinski definition) is 4. The first-order valence-corrected chi connectivity index (χ1v) is 7.82. The number of nitrogens with one attached hydrogen (secondary N) is 1. The lowest BCUT2D eigenvalue weighted by molar-refractivity contribution is -0.365. The normalized spacial score (nSPS) is 13.2. The average molecular weight is 338 g/mol. The van der Waals surface area contributed by atoms with Crippen LogP contribution in [0.3, 0.4) is 0 Å². The molecule has 1 aliphatic heterocycles. The molecule has 1 N–H and O–H groups in total. The number of fused-ring (bicyclic) bond motifs is 2. The Labute approximate surface area is 142 Å². The van der Waals surface area contributed by atoms with Crippen LogP contribution in [0.1, 0.15) is 21.6 Å². The Morgan fingerprint density at radius 2 is 1.76 bits per heavy atom. The molecule has 7 nitrogen and oxygen atoms in total. The molecule has 0 radical (unpaired) electrons. The number of carbonyl (C=O) groups excluding carboxylic acids is 1. The first-order chi connectivity index (χ1) is 11.9. The van der Waals surface area contributed by atoms with Crippen LogP contribution in [0.25, 0.3) is 22.2 Å². The van der Waals surface area contributed by atoms with E-state index in [1.54, 1.807) is 7.05 Å². The average Bonchev–Trinajstić information content (AvgIpc) is 2.98. The van der Waals surface area contributed by atoms with E-state index in [9.17, 15) is 14.4 Å². The molecule has 0 unspecified atom stereocenters. The lowest BCUT2D eigenvalue weighted by Gasteiger charge is -2.11. The molecule has 0 amide bonds. The van der Waals surface area contributed by atoms with E-state index in [4.69, 9.17) is 4.74 Å². The zero-order chi connectivity index (χ0) is 17.9. The van der Waals surface area contributed by atoms with Crippen LogP contribution in [-0.4, -0.2) is 15.1 Å². The van der Waals surface area contributed by atoms with Gasteiger partial charge in [-0.25, -0.2) is 19.1 Å². The molecule has 0 saturated heterocycles. The van der Waals surface area contributed by atoms with Gasteiger partial charge in [0.15, 0.2) is 12.3 Å². The van der Waals surface area contributed by atoms with Crippen LogP contribution in [-0.2, 0) is 25.4 Å². The zero-order valence-electron chi connectivity index (χ0n) is 14.0. The number of pyridine rings is 1. The van der Waals surface area contributed by atoms with Gasteiger partial charge in [-0.05, 0) is 18.1 Å². The molecular formula is C18H16N3O4+. The fourth-order valence-electron chi connectivity index (χ4n) is 3.36. The van der Waals surface area contributed by atoms with Crippen molar-refractivity contribution in [2.45, 2.75) is 13.5 Å². The van der Waals surface area contributed by atoms with Gasteiger partial charge < -0.3 is 4.74 Å². The van der Waals surface area contributed by atoms with Crippen LogP contribution >= 0.6 is 0 Å². The van der Waals surface area contributed by atoms with E-state index in [-0.39, 0.29) is 6.61 Å². The van der Waals surface area contributed by atoms with E-state index < -0.39 is 17.2 Å². The summed E-state index contributed by atoms with van der Waals surface area (Å²) in [6.07, 6.45) is 0. The highest BCUT2D eigenvalue weighted by molar-refractivity contribution is 6.07. The van der Waals surface area contributed by atoms with Crippen LogP contribution in [0.5, 0.6) is 0 Å². The molecule has 3 heterocycles. The van der Waals surface area contributed by atoms with Gasteiger partial charge in [0.25, 0.3) is 11.2 Å². The molecule has 0 atom stereocenters. The van der Waals surface area contributed by atoms with Crippen LogP contribution in [0.4, 0.5) is 0 Å². The fourth-order valence-corrected chi connectivity index (χ4v) is 3.36. The van der Waals surface area contributed by atoms with Gasteiger partial charge in [-0.2, -0.15) is 4.57 Å². The van der Waals surface area contributed by atoms with Gasteiger partial charge >= 0.3 is 11.7 Å². The Bertz CT molecular complexity index is 1190. The van der Waals surface area contributed by atoms with Crippen molar-refractivity contribution in [3.63, 3.8) is 0 Å². The molecule has 0 saturated carbocycles. The number of H-pyrrole nitrogens is 1. The molecule has 1 aromatic carbocycles. The zero-order valence-corrected chi connectivity index (χ0v) is 14.0. The lowest BCUT2D eigenvalue weighted by Crippen LogP contribution is -2.40. The molecule has 0 bridgehead atoms. The SMILES string of the molecule is Cc1ccccc1-c1c2c([nH+]c3c1c(=O)n(C)c(=O)n3C)COC2=O. The minimum absolute atomic E-state index is 0.0897. The maximum atomic E-state index is 12.9. The van der Waals surface area contributed by atoms with E-state index in [1.807, 2.05) is 31.2 Å². The van der Waals surface area contributed by atoms with Crippen LogP contribution in [0, 0.1) is 6.92 Å². The minimum Gasteiger partial charge on any atom is -0.453 e. The summed E-state index contributed by atoms with van der Waals surface area (Å²) < 4.78 is 7.59. The van der Waals surface area contributed by atoms with Gasteiger partial charge in [0.05, 0.1) is 7.05 Å². The first kappa shape index (κ1) is 15.3. The molecule has 3 aromatic rings. The van der Waals surface area contributed by atoms with E-state index in [0.29, 0.717) is 27.9 Å². The first-order valence-electron chi connectivity index (χ1n) is 7.82. The van der Waals surface area contributed by atoms with Gasteiger partial charge in [0.2, 0.25) is 0 Å². The smallest absolute Gasteiger partial charge is 0.417 e. The standard InChI is InChI=1S/C18H15N3O4/c1-9-6-4-5-7-10(9)12-13-11(8-25-17(13)23)19-15-14(12)16(22)21(3)18(24)20(15)2/h4-7H,8H2,1-3H3/p+1. The van der Waals surface area contributed by atoms with Crippen molar-refractivity contribution < 1.29 is 14.5 Å². The van der Waals surface area contributed by atoms with Crippen molar-refractivity contribution in [3.8, 4) is 11.1 Å². The third-order valence-electron chi connectivity index (χ3n) is 4.70. The third kappa shape index (κ3) is 1.98. The lowest BCUT2D eigenvalue weighted by atomic mass is 9.93. The van der Waals surface area contributed by atoms with Crippen molar-refractivity contribution in [3.05, 3.63) is 61.9 Å². The second kappa shape index (κ2) is 5.14.